The number of nitrogens with one attached hydrogen (secondary N) is 1. The first-order chi connectivity index (χ1) is 13.5. The van der Waals surface area contributed by atoms with Crippen LogP contribution < -0.4 is 10.9 Å². The zero-order chi connectivity index (χ0) is 19.7. The molecule has 1 aromatic heterocycles. The number of carbonyl (C=O) groups excluding carboxylic acids is 1. The topological polar surface area (TPSA) is 64.0 Å². The normalized spacial score (nSPS) is 10.8. The molecule has 0 aliphatic carbocycles. The summed E-state index contributed by atoms with van der Waals surface area (Å²) in [6.45, 7) is 1.91. The molecule has 28 heavy (non-hydrogen) atoms. The third-order valence-electron chi connectivity index (χ3n) is 4.46. The van der Waals surface area contributed by atoms with Gasteiger partial charge in [-0.1, -0.05) is 52.3 Å². The van der Waals surface area contributed by atoms with E-state index in [9.17, 15) is 9.59 Å². The molecule has 0 aliphatic heterocycles. The van der Waals surface area contributed by atoms with Gasteiger partial charge in [-0.05, 0) is 48.9 Å². The number of benzene rings is 3. The molecule has 0 unspecified atom stereocenters. The minimum Gasteiger partial charge on any atom is -0.320 e. The molecule has 0 aliphatic rings. The number of anilines is 1. The van der Waals surface area contributed by atoms with Crippen molar-refractivity contribution in [1.29, 1.82) is 0 Å². The molecule has 1 N–H and O–H groups in total. The Morgan fingerprint density at radius 1 is 0.964 bits per heavy atom. The van der Waals surface area contributed by atoms with Crippen LogP contribution in [0.4, 0.5) is 5.69 Å². The average Bonchev–Trinajstić information content (AvgIpc) is 2.71. The zero-order valence-electron chi connectivity index (χ0n) is 15.0. The van der Waals surface area contributed by atoms with Gasteiger partial charge in [-0.15, -0.1) is 0 Å². The molecule has 1 heterocycles. The Labute approximate surface area is 169 Å². The summed E-state index contributed by atoms with van der Waals surface area (Å²) in [6, 6.07) is 21.7. The second-order valence-corrected chi connectivity index (χ2v) is 7.28. The summed E-state index contributed by atoms with van der Waals surface area (Å²) in [5.41, 5.74) is 2.15. The number of hydrogen-bond donors (Lipinski definition) is 1. The Bertz CT molecular complexity index is 1250. The molecule has 3 aromatic carbocycles. The van der Waals surface area contributed by atoms with Gasteiger partial charge < -0.3 is 5.32 Å². The summed E-state index contributed by atoms with van der Waals surface area (Å²) in [5.74, 6) is -0.369. The zero-order valence-corrected chi connectivity index (χ0v) is 16.6. The molecular formula is C22H16BrN3O2. The Balaban J connectivity index is 1.87. The number of amides is 1. The highest BCUT2D eigenvalue weighted by Gasteiger charge is 2.18. The summed E-state index contributed by atoms with van der Waals surface area (Å²) in [7, 11) is 0. The number of para-hydroxylation sites is 1. The highest BCUT2D eigenvalue weighted by molar-refractivity contribution is 9.10. The van der Waals surface area contributed by atoms with Crippen LogP contribution in [0.2, 0.25) is 0 Å². The van der Waals surface area contributed by atoms with Crippen molar-refractivity contribution in [2.24, 2.45) is 0 Å². The van der Waals surface area contributed by atoms with E-state index in [1.807, 2.05) is 43.3 Å². The van der Waals surface area contributed by atoms with Crippen LogP contribution in [0, 0.1) is 6.92 Å². The van der Waals surface area contributed by atoms with Crippen molar-refractivity contribution in [2.75, 3.05) is 5.32 Å². The molecule has 0 fully saturated rings. The van der Waals surface area contributed by atoms with Crippen molar-refractivity contribution in [3.63, 3.8) is 0 Å². The van der Waals surface area contributed by atoms with Crippen LogP contribution in [0.15, 0.2) is 82.1 Å². The summed E-state index contributed by atoms with van der Waals surface area (Å²) in [6.07, 6.45) is 0. The molecule has 0 spiro atoms. The molecule has 0 radical (unpaired) electrons. The number of carbonyl (C=O) groups is 1. The maximum Gasteiger partial charge on any atom is 0.279 e. The van der Waals surface area contributed by atoms with Crippen molar-refractivity contribution in [2.45, 2.75) is 6.92 Å². The first kappa shape index (κ1) is 18.1. The van der Waals surface area contributed by atoms with Gasteiger partial charge in [0.2, 0.25) is 0 Å². The Morgan fingerprint density at radius 2 is 1.64 bits per heavy atom. The highest BCUT2D eigenvalue weighted by atomic mass is 79.9. The van der Waals surface area contributed by atoms with Gasteiger partial charge in [-0.3, -0.25) is 9.59 Å². The van der Waals surface area contributed by atoms with Crippen LogP contribution in [0.25, 0.3) is 16.5 Å². The largest absolute Gasteiger partial charge is 0.320 e. The summed E-state index contributed by atoms with van der Waals surface area (Å²) in [5, 5.41) is 8.27. The van der Waals surface area contributed by atoms with Gasteiger partial charge >= 0.3 is 0 Å². The van der Waals surface area contributed by atoms with Crippen LogP contribution >= 0.6 is 15.9 Å². The van der Waals surface area contributed by atoms with Crippen LogP contribution in [-0.2, 0) is 0 Å². The third kappa shape index (κ3) is 3.34. The number of fused-ring (bicyclic) bond motifs is 1. The van der Waals surface area contributed by atoms with Crippen LogP contribution in [0.1, 0.15) is 16.1 Å². The first-order valence-electron chi connectivity index (χ1n) is 8.69. The van der Waals surface area contributed by atoms with Gasteiger partial charge in [0, 0.05) is 15.5 Å². The van der Waals surface area contributed by atoms with E-state index < -0.39 is 0 Å². The fourth-order valence-electron chi connectivity index (χ4n) is 3.05. The number of aryl methyl sites for hydroxylation is 1. The molecule has 0 saturated heterocycles. The number of rotatable bonds is 3. The number of halogens is 1. The first-order valence-corrected chi connectivity index (χ1v) is 9.49. The fourth-order valence-corrected chi connectivity index (χ4v) is 3.53. The van der Waals surface area contributed by atoms with Gasteiger partial charge in [-0.2, -0.15) is 9.78 Å². The van der Waals surface area contributed by atoms with Gasteiger partial charge in [0.1, 0.15) is 0 Å². The lowest BCUT2D eigenvalue weighted by Crippen LogP contribution is -2.26. The molecule has 5 nitrogen and oxygen atoms in total. The van der Waals surface area contributed by atoms with Gasteiger partial charge in [-0.25, -0.2) is 0 Å². The quantitative estimate of drug-likeness (QED) is 0.508. The molecule has 4 rings (SSSR count). The molecule has 0 atom stereocenters. The molecule has 6 heteroatoms. The standard InChI is InChI=1S/C22H16BrN3O2/c1-14-13-15(23)11-12-19(14)24-21(27)20-17-9-5-6-10-18(17)22(28)26(25-20)16-7-3-2-4-8-16/h2-13H,1H3,(H,24,27). The van der Waals surface area contributed by atoms with E-state index in [-0.39, 0.29) is 17.2 Å². The van der Waals surface area contributed by atoms with E-state index in [0.29, 0.717) is 22.1 Å². The van der Waals surface area contributed by atoms with E-state index in [0.717, 1.165) is 10.0 Å². The van der Waals surface area contributed by atoms with Crippen LogP contribution in [0.3, 0.4) is 0 Å². The monoisotopic (exact) mass is 433 g/mol. The van der Waals surface area contributed by atoms with Gasteiger partial charge in [0.15, 0.2) is 5.69 Å². The second-order valence-electron chi connectivity index (χ2n) is 6.36. The number of hydrogen-bond acceptors (Lipinski definition) is 3. The Hall–Kier alpha value is -3.25. The lowest BCUT2D eigenvalue weighted by molar-refractivity contribution is 0.102. The van der Waals surface area contributed by atoms with E-state index in [4.69, 9.17) is 0 Å². The second kappa shape index (κ2) is 7.40. The van der Waals surface area contributed by atoms with E-state index >= 15 is 0 Å². The molecule has 0 saturated carbocycles. The van der Waals surface area contributed by atoms with Crippen molar-refractivity contribution >= 4 is 38.3 Å². The van der Waals surface area contributed by atoms with Gasteiger partial charge in [0.05, 0.1) is 11.1 Å². The van der Waals surface area contributed by atoms with Crippen molar-refractivity contribution in [3.8, 4) is 5.69 Å². The molecule has 4 aromatic rings. The number of nitrogens with zero attached hydrogens (tertiary/aromatic N) is 2. The summed E-state index contributed by atoms with van der Waals surface area (Å²) < 4.78 is 2.20. The maximum absolute atomic E-state index is 13.1. The Morgan fingerprint density at radius 3 is 2.36 bits per heavy atom. The summed E-state index contributed by atoms with van der Waals surface area (Å²) in [4.78, 5) is 26.0. The Kier molecular flexibility index (Phi) is 4.79. The van der Waals surface area contributed by atoms with Crippen molar-refractivity contribution < 1.29 is 4.79 Å². The van der Waals surface area contributed by atoms with E-state index in [1.165, 1.54) is 4.68 Å². The minimum atomic E-state index is -0.369. The van der Waals surface area contributed by atoms with E-state index in [2.05, 4.69) is 26.3 Å². The molecular weight excluding hydrogens is 418 g/mol. The van der Waals surface area contributed by atoms with E-state index in [1.54, 1.807) is 36.4 Å². The average molecular weight is 434 g/mol. The van der Waals surface area contributed by atoms with Crippen LogP contribution in [-0.4, -0.2) is 15.7 Å². The predicted molar refractivity (Wildman–Crippen MR) is 114 cm³/mol. The maximum atomic E-state index is 13.1. The lowest BCUT2D eigenvalue weighted by atomic mass is 10.1. The number of aromatic nitrogens is 2. The molecule has 138 valence electrons. The van der Waals surface area contributed by atoms with Gasteiger partial charge in [0.25, 0.3) is 11.5 Å². The summed E-state index contributed by atoms with van der Waals surface area (Å²) >= 11 is 3.42. The van der Waals surface area contributed by atoms with Crippen molar-refractivity contribution in [3.05, 3.63) is 98.9 Å². The minimum absolute atomic E-state index is 0.196. The third-order valence-corrected chi connectivity index (χ3v) is 4.95. The van der Waals surface area contributed by atoms with Crippen molar-refractivity contribution in [1.82, 2.24) is 9.78 Å². The predicted octanol–water partition coefficient (Wildman–Crippen LogP) is 4.71. The smallest absolute Gasteiger partial charge is 0.279 e. The molecule has 1 amide bonds. The fraction of sp³-hybridized carbons (Fsp3) is 0.0455. The van der Waals surface area contributed by atoms with Crippen LogP contribution in [0.5, 0.6) is 0 Å². The molecule has 0 bridgehead atoms. The lowest BCUT2D eigenvalue weighted by Gasteiger charge is -2.12. The highest BCUT2D eigenvalue weighted by Crippen LogP contribution is 2.22. The SMILES string of the molecule is Cc1cc(Br)ccc1NC(=O)c1nn(-c2ccccc2)c(=O)c2ccccc12.